The average Bonchev–Trinajstić information content (AvgIpc) is 3.20. The summed E-state index contributed by atoms with van der Waals surface area (Å²) in [5.74, 6) is -0.340. The zero-order chi connectivity index (χ0) is 19.3. The fourth-order valence-electron chi connectivity index (χ4n) is 3.10. The van der Waals surface area contributed by atoms with Crippen LogP contribution in [0.5, 0.6) is 0 Å². The number of carbonyl (C=O) groups is 1. The van der Waals surface area contributed by atoms with Crippen LogP contribution in [-0.4, -0.2) is 27.0 Å². The number of hydrogen-bond donors (Lipinski definition) is 1. The Morgan fingerprint density at radius 3 is 2.68 bits per heavy atom. The van der Waals surface area contributed by atoms with Crippen molar-refractivity contribution < 1.29 is 9.18 Å². The van der Waals surface area contributed by atoms with Crippen LogP contribution in [0.15, 0.2) is 73.2 Å². The molecule has 0 radical (unpaired) electrons. The molecule has 2 aromatic carbocycles. The molecule has 6 heteroatoms. The van der Waals surface area contributed by atoms with Crippen LogP contribution in [0.25, 0.3) is 16.8 Å². The molecule has 4 aromatic rings. The largest absolute Gasteiger partial charge is 0.352 e. The van der Waals surface area contributed by atoms with Gasteiger partial charge < -0.3 is 5.32 Å². The van der Waals surface area contributed by atoms with E-state index in [1.54, 1.807) is 41.2 Å². The molecule has 0 saturated carbocycles. The molecule has 0 bridgehead atoms. The molecule has 0 atom stereocenters. The second-order valence-corrected chi connectivity index (χ2v) is 6.55. The number of amides is 1. The van der Waals surface area contributed by atoms with Gasteiger partial charge in [-0.2, -0.15) is 0 Å². The molecule has 1 amide bonds. The monoisotopic (exact) mass is 374 g/mol. The minimum Gasteiger partial charge on any atom is -0.352 e. The van der Waals surface area contributed by atoms with Gasteiger partial charge >= 0.3 is 0 Å². The Labute approximate surface area is 161 Å². The van der Waals surface area contributed by atoms with Gasteiger partial charge in [-0.05, 0) is 42.2 Å². The molecule has 0 unspecified atom stereocenters. The summed E-state index contributed by atoms with van der Waals surface area (Å²) < 4.78 is 15.6. The van der Waals surface area contributed by atoms with Gasteiger partial charge in [0.2, 0.25) is 0 Å². The van der Waals surface area contributed by atoms with E-state index in [1.807, 2.05) is 30.3 Å². The Morgan fingerprint density at radius 1 is 1.04 bits per heavy atom. The first-order chi connectivity index (χ1) is 13.7. The number of pyridine rings is 1. The number of aryl methyl sites for hydroxylation is 1. The van der Waals surface area contributed by atoms with Crippen molar-refractivity contribution in [3.8, 4) is 11.1 Å². The maximum Gasteiger partial charge on any atom is 0.252 e. The van der Waals surface area contributed by atoms with Crippen molar-refractivity contribution >= 4 is 11.6 Å². The molecule has 0 spiro atoms. The molecule has 0 saturated heterocycles. The minimum atomic E-state index is -0.220. The summed E-state index contributed by atoms with van der Waals surface area (Å²) in [6.07, 6.45) is 4.94. The van der Waals surface area contributed by atoms with Crippen LogP contribution >= 0.6 is 0 Å². The van der Waals surface area contributed by atoms with Crippen LogP contribution < -0.4 is 5.32 Å². The van der Waals surface area contributed by atoms with Gasteiger partial charge in [-0.25, -0.2) is 4.39 Å². The highest BCUT2D eigenvalue weighted by atomic mass is 19.1. The molecular weight excluding hydrogens is 355 g/mol. The lowest BCUT2D eigenvalue weighted by Gasteiger charge is -2.07. The van der Waals surface area contributed by atoms with Gasteiger partial charge in [0, 0.05) is 18.3 Å². The number of nitrogens with zero attached hydrogens (tertiary/aromatic N) is 3. The van der Waals surface area contributed by atoms with Crippen molar-refractivity contribution in [2.45, 2.75) is 12.8 Å². The fraction of sp³-hybridized carbons (Fsp3) is 0.136. The standard InChI is InChI=1S/C22H19FN4O/c23-20-6-2-1-5-19(20)17-9-7-16(8-10-17)4-3-13-24-22(28)18-11-12-21-26-25-15-27(21)14-18/h1-2,5-12,14-15H,3-4,13H2,(H,24,28). The lowest BCUT2D eigenvalue weighted by molar-refractivity contribution is 0.0953. The Hall–Kier alpha value is -3.54. The highest BCUT2D eigenvalue weighted by Gasteiger charge is 2.07. The predicted molar refractivity (Wildman–Crippen MR) is 105 cm³/mol. The number of aromatic nitrogens is 3. The zero-order valence-electron chi connectivity index (χ0n) is 15.2. The maximum atomic E-state index is 13.9. The molecule has 0 fully saturated rings. The van der Waals surface area contributed by atoms with E-state index in [9.17, 15) is 9.18 Å². The SMILES string of the molecule is O=C(NCCCc1ccc(-c2ccccc2F)cc1)c1ccc2nncn2c1. The number of rotatable bonds is 6. The Kier molecular flexibility index (Phi) is 5.10. The maximum absolute atomic E-state index is 13.9. The molecule has 1 N–H and O–H groups in total. The number of hydrogen-bond acceptors (Lipinski definition) is 3. The van der Waals surface area contributed by atoms with Crippen LogP contribution in [-0.2, 0) is 6.42 Å². The van der Waals surface area contributed by atoms with Gasteiger partial charge in [0.25, 0.3) is 5.91 Å². The van der Waals surface area contributed by atoms with Crippen LogP contribution in [0, 0.1) is 5.82 Å². The van der Waals surface area contributed by atoms with Gasteiger partial charge in [-0.15, -0.1) is 10.2 Å². The van der Waals surface area contributed by atoms with Crippen molar-refractivity contribution in [3.05, 3.63) is 90.1 Å². The lowest BCUT2D eigenvalue weighted by Crippen LogP contribution is -2.25. The third kappa shape index (κ3) is 3.91. The summed E-state index contributed by atoms with van der Waals surface area (Å²) in [6.45, 7) is 0.577. The number of benzene rings is 2. The first-order valence-electron chi connectivity index (χ1n) is 9.12. The summed E-state index contributed by atoms with van der Waals surface area (Å²) in [5, 5.41) is 10.6. The van der Waals surface area contributed by atoms with E-state index in [-0.39, 0.29) is 11.7 Å². The lowest BCUT2D eigenvalue weighted by atomic mass is 10.0. The van der Waals surface area contributed by atoms with E-state index in [1.165, 1.54) is 6.07 Å². The quantitative estimate of drug-likeness (QED) is 0.521. The second-order valence-electron chi connectivity index (χ2n) is 6.55. The van der Waals surface area contributed by atoms with Crippen molar-refractivity contribution in [2.24, 2.45) is 0 Å². The molecule has 4 rings (SSSR count). The molecule has 140 valence electrons. The van der Waals surface area contributed by atoms with Crippen molar-refractivity contribution in [1.29, 1.82) is 0 Å². The summed E-state index contributed by atoms with van der Waals surface area (Å²) in [4.78, 5) is 12.3. The van der Waals surface area contributed by atoms with E-state index in [0.717, 1.165) is 24.0 Å². The first kappa shape index (κ1) is 17.9. The molecule has 0 aliphatic heterocycles. The van der Waals surface area contributed by atoms with Crippen LogP contribution in [0.4, 0.5) is 4.39 Å². The Morgan fingerprint density at radius 2 is 1.86 bits per heavy atom. The Bertz CT molecular complexity index is 1100. The van der Waals surface area contributed by atoms with Crippen molar-refractivity contribution in [3.63, 3.8) is 0 Å². The molecule has 0 aliphatic rings. The molecule has 28 heavy (non-hydrogen) atoms. The van der Waals surface area contributed by atoms with Gasteiger partial charge in [0.05, 0.1) is 5.56 Å². The number of nitrogens with one attached hydrogen (secondary N) is 1. The van der Waals surface area contributed by atoms with E-state index >= 15 is 0 Å². The van der Waals surface area contributed by atoms with Gasteiger partial charge in [0.1, 0.15) is 12.1 Å². The minimum absolute atomic E-state index is 0.120. The normalized spacial score (nSPS) is 10.9. The fourth-order valence-corrected chi connectivity index (χ4v) is 3.10. The summed E-state index contributed by atoms with van der Waals surface area (Å²) >= 11 is 0. The van der Waals surface area contributed by atoms with Crippen LogP contribution in [0.3, 0.4) is 0 Å². The number of carbonyl (C=O) groups excluding carboxylic acids is 1. The third-order valence-corrected chi connectivity index (χ3v) is 4.62. The van der Waals surface area contributed by atoms with Crippen LogP contribution in [0.2, 0.25) is 0 Å². The highest BCUT2D eigenvalue weighted by molar-refractivity contribution is 5.94. The summed E-state index contributed by atoms with van der Waals surface area (Å²) in [6, 6.07) is 18.1. The van der Waals surface area contributed by atoms with E-state index in [2.05, 4.69) is 15.5 Å². The molecular formula is C22H19FN4O. The highest BCUT2D eigenvalue weighted by Crippen LogP contribution is 2.23. The van der Waals surface area contributed by atoms with Crippen molar-refractivity contribution in [1.82, 2.24) is 19.9 Å². The van der Waals surface area contributed by atoms with Gasteiger partial charge in [-0.1, -0.05) is 42.5 Å². The molecule has 0 aliphatic carbocycles. The number of halogens is 1. The van der Waals surface area contributed by atoms with E-state index < -0.39 is 0 Å². The zero-order valence-corrected chi connectivity index (χ0v) is 15.2. The topological polar surface area (TPSA) is 59.3 Å². The molecule has 5 nitrogen and oxygen atoms in total. The predicted octanol–water partition coefficient (Wildman–Crippen LogP) is 3.90. The van der Waals surface area contributed by atoms with Gasteiger partial charge in [-0.3, -0.25) is 9.20 Å². The van der Waals surface area contributed by atoms with E-state index in [0.29, 0.717) is 23.3 Å². The molecule has 2 heterocycles. The second kappa shape index (κ2) is 8.00. The average molecular weight is 374 g/mol. The van der Waals surface area contributed by atoms with E-state index in [4.69, 9.17) is 0 Å². The molecule has 2 aromatic heterocycles. The first-order valence-corrected chi connectivity index (χ1v) is 9.12. The third-order valence-electron chi connectivity index (χ3n) is 4.62. The van der Waals surface area contributed by atoms with Crippen molar-refractivity contribution in [2.75, 3.05) is 6.54 Å². The Balaban J connectivity index is 1.29. The number of fused-ring (bicyclic) bond motifs is 1. The van der Waals surface area contributed by atoms with Crippen LogP contribution in [0.1, 0.15) is 22.3 Å². The smallest absolute Gasteiger partial charge is 0.252 e. The summed E-state index contributed by atoms with van der Waals surface area (Å²) in [5.41, 5.74) is 3.89. The summed E-state index contributed by atoms with van der Waals surface area (Å²) in [7, 11) is 0. The van der Waals surface area contributed by atoms with Gasteiger partial charge in [0.15, 0.2) is 5.65 Å².